The van der Waals surface area contributed by atoms with E-state index in [0.717, 1.165) is 16.7 Å². The summed E-state index contributed by atoms with van der Waals surface area (Å²) in [6.07, 6.45) is 0. The van der Waals surface area contributed by atoms with E-state index in [9.17, 15) is 14.7 Å². The van der Waals surface area contributed by atoms with Gasteiger partial charge in [0, 0.05) is 12.1 Å². The van der Waals surface area contributed by atoms with Gasteiger partial charge in [0.1, 0.15) is 11.5 Å². The lowest BCUT2D eigenvalue weighted by Gasteiger charge is -2.26. The molecule has 1 amide bonds. The van der Waals surface area contributed by atoms with E-state index in [0.29, 0.717) is 22.8 Å². The number of methoxy groups -OCH3 is 1. The van der Waals surface area contributed by atoms with Crippen molar-refractivity contribution in [1.29, 1.82) is 0 Å². The van der Waals surface area contributed by atoms with Crippen molar-refractivity contribution >= 4 is 17.4 Å². The predicted octanol–water partition coefficient (Wildman–Crippen LogP) is 4.35. The van der Waals surface area contributed by atoms with Crippen LogP contribution in [0.25, 0.3) is 5.76 Å². The second-order valence-corrected chi connectivity index (χ2v) is 8.26. The molecule has 3 aromatic carbocycles. The van der Waals surface area contributed by atoms with E-state index in [-0.39, 0.29) is 24.7 Å². The van der Waals surface area contributed by atoms with Crippen LogP contribution in [-0.2, 0) is 16.1 Å². The third kappa shape index (κ3) is 3.75. The van der Waals surface area contributed by atoms with Crippen LogP contribution in [0.5, 0.6) is 17.2 Å². The van der Waals surface area contributed by atoms with Crippen molar-refractivity contribution in [3.05, 3.63) is 94.6 Å². The van der Waals surface area contributed by atoms with Crippen LogP contribution in [0, 0.1) is 6.92 Å². The van der Waals surface area contributed by atoms with Gasteiger partial charge < -0.3 is 24.2 Å². The highest BCUT2D eigenvalue weighted by Gasteiger charge is 2.46. The van der Waals surface area contributed by atoms with Gasteiger partial charge in [-0.3, -0.25) is 9.59 Å². The molecule has 0 radical (unpaired) electrons. The number of aliphatic hydroxyl groups is 1. The van der Waals surface area contributed by atoms with Crippen molar-refractivity contribution in [3.63, 3.8) is 0 Å². The van der Waals surface area contributed by atoms with E-state index in [1.165, 1.54) is 4.90 Å². The van der Waals surface area contributed by atoms with Crippen molar-refractivity contribution in [3.8, 4) is 17.2 Å². The zero-order valence-electron chi connectivity index (χ0n) is 18.8. The average Bonchev–Trinajstić information content (AvgIpc) is 3.42. The molecule has 1 atom stereocenters. The first-order valence-electron chi connectivity index (χ1n) is 10.8. The average molecular weight is 457 g/mol. The Morgan fingerprint density at radius 3 is 2.53 bits per heavy atom. The van der Waals surface area contributed by atoms with Gasteiger partial charge in [-0.15, -0.1) is 0 Å². The number of aliphatic hydroxyl groups excluding tert-OH is 1. The molecule has 7 heteroatoms. The molecule has 1 fully saturated rings. The summed E-state index contributed by atoms with van der Waals surface area (Å²) in [6.45, 7) is 2.23. The number of benzene rings is 3. The lowest BCUT2D eigenvalue weighted by Crippen LogP contribution is -2.29. The van der Waals surface area contributed by atoms with Crippen molar-refractivity contribution in [2.75, 3.05) is 13.9 Å². The van der Waals surface area contributed by atoms with Crippen LogP contribution >= 0.6 is 0 Å². The minimum absolute atomic E-state index is 0.0444. The second kappa shape index (κ2) is 8.59. The van der Waals surface area contributed by atoms with Gasteiger partial charge in [0.25, 0.3) is 11.7 Å². The van der Waals surface area contributed by atoms with Crippen molar-refractivity contribution in [2.24, 2.45) is 0 Å². The Balaban J connectivity index is 1.61. The minimum Gasteiger partial charge on any atom is -0.507 e. The van der Waals surface area contributed by atoms with Crippen molar-refractivity contribution in [1.82, 2.24) is 4.90 Å². The van der Waals surface area contributed by atoms with E-state index < -0.39 is 17.7 Å². The molecule has 2 heterocycles. The molecule has 7 nitrogen and oxygen atoms in total. The fraction of sp³-hybridized carbons (Fsp3) is 0.185. The summed E-state index contributed by atoms with van der Waals surface area (Å²) in [4.78, 5) is 27.9. The van der Waals surface area contributed by atoms with Gasteiger partial charge in [0.15, 0.2) is 11.5 Å². The fourth-order valence-electron chi connectivity index (χ4n) is 4.36. The molecule has 1 saturated heterocycles. The summed E-state index contributed by atoms with van der Waals surface area (Å²) in [5, 5.41) is 11.3. The van der Waals surface area contributed by atoms with Crippen molar-refractivity contribution in [2.45, 2.75) is 19.5 Å². The Morgan fingerprint density at radius 2 is 1.79 bits per heavy atom. The van der Waals surface area contributed by atoms with Crippen LogP contribution in [0.2, 0.25) is 0 Å². The van der Waals surface area contributed by atoms with Crippen molar-refractivity contribution < 1.29 is 28.9 Å². The number of Topliss-reactive ketones (excluding diaryl/α,β-unsaturated/α-hetero) is 1. The summed E-state index contributed by atoms with van der Waals surface area (Å²) in [5.74, 6) is 0.0967. The predicted molar refractivity (Wildman–Crippen MR) is 125 cm³/mol. The number of fused-ring (bicyclic) bond motifs is 1. The molecule has 1 unspecified atom stereocenters. The van der Waals surface area contributed by atoms with E-state index in [1.54, 1.807) is 37.4 Å². The van der Waals surface area contributed by atoms with Gasteiger partial charge in [0.05, 0.1) is 18.7 Å². The number of hydrogen-bond donors (Lipinski definition) is 1. The molecule has 2 aliphatic rings. The third-order valence-electron chi connectivity index (χ3n) is 6.06. The maximum Gasteiger partial charge on any atom is 0.295 e. The Bertz CT molecular complexity index is 1310. The van der Waals surface area contributed by atoms with Gasteiger partial charge in [-0.1, -0.05) is 42.0 Å². The number of rotatable bonds is 5. The molecular formula is C27H23NO6. The molecule has 34 heavy (non-hydrogen) atoms. The molecule has 0 saturated carbocycles. The van der Waals surface area contributed by atoms with Gasteiger partial charge in [0.2, 0.25) is 6.79 Å². The van der Waals surface area contributed by atoms with Gasteiger partial charge >= 0.3 is 0 Å². The maximum absolute atomic E-state index is 13.2. The van der Waals surface area contributed by atoms with E-state index >= 15 is 0 Å². The number of ether oxygens (including phenoxy) is 3. The smallest absolute Gasteiger partial charge is 0.295 e. The molecule has 3 aromatic rings. The summed E-state index contributed by atoms with van der Waals surface area (Å²) in [6, 6.07) is 19.1. The lowest BCUT2D eigenvalue weighted by atomic mass is 9.94. The highest BCUT2D eigenvalue weighted by atomic mass is 16.7. The van der Waals surface area contributed by atoms with Gasteiger partial charge in [-0.2, -0.15) is 0 Å². The number of ketones is 1. The van der Waals surface area contributed by atoms with Crippen LogP contribution in [0.3, 0.4) is 0 Å². The standard InChI is InChI=1S/C27H23NO6/c1-16-4-3-5-18(12-16)24-23(25(29)19-8-11-21-22(13-19)34-15-33-21)26(30)27(31)28(24)14-17-6-9-20(32-2)10-7-17/h3-13,24,29H,14-15H2,1-2H3/b25-23-. The third-order valence-corrected chi connectivity index (χ3v) is 6.06. The van der Waals surface area contributed by atoms with E-state index in [1.807, 2.05) is 43.3 Å². The highest BCUT2D eigenvalue weighted by Crippen LogP contribution is 2.42. The number of hydrogen-bond acceptors (Lipinski definition) is 6. The first-order chi connectivity index (χ1) is 16.5. The molecule has 0 spiro atoms. The second-order valence-electron chi connectivity index (χ2n) is 8.26. The molecule has 5 rings (SSSR count). The quantitative estimate of drug-likeness (QED) is 0.348. The first-order valence-corrected chi connectivity index (χ1v) is 10.8. The number of aryl methyl sites for hydroxylation is 1. The number of nitrogens with zero attached hydrogens (tertiary/aromatic N) is 1. The molecule has 172 valence electrons. The molecule has 0 aliphatic carbocycles. The van der Waals surface area contributed by atoms with Gasteiger partial charge in [-0.25, -0.2) is 0 Å². The Morgan fingerprint density at radius 1 is 1.03 bits per heavy atom. The molecule has 1 N–H and O–H groups in total. The SMILES string of the molecule is COc1ccc(CN2C(=O)C(=O)/C(=C(\O)c3ccc4c(c3)OCO4)C2c2cccc(C)c2)cc1. The van der Waals surface area contributed by atoms with Gasteiger partial charge in [-0.05, 0) is 48.4 Å². The number of carbonyl (C=O) groups is 2. The van der Waals surface area contributed by atoms with Crippen LogP contribution in [0.15, 0.2) is 72.3 Å². The number of amides is 1. The van der Waals surface area contributed by atoms with E-state index in [4.69, 9.17) is 14.2 Å². The van der Waals surface area contributed by atoms with Crippen LogP contribution in [-0.4, -0.2) is 35.6 Å². The zero-order chi connectivity index (χ0) is 23.8. The normalized spacial score (nSPS) is 18.4. The minimum atomic E-state index is -0.743. The highest BCUT2D eigenvalue weighted by molar-refractivity contribution is 6.46. The fourth-order valence-corrected chi connectivity index (χ4v) is 4.36. The summed E-state index contributed by atoms with van der Waals surface area (Å²) >= 11 is 0. The topological polar surface area (TPSA) is 85.3 Å². The van der Waals surface area contributed by atoms with Crippen LogP contribution in [0.1, 0.15) is 28.3 Å². The maximum atomic E-state index is 13.2. The lowest BCUT2D eigenvalue weighted by molar-refractivity contribution is -0.140. The Labute approximate surface area is 196 Å². The Hall–Kier alpha value is -4.26. The number of likely N-dealkylation sites (tertiary alicyclic amines) is 1. The first kappa shape index (κ1) is 21.6. The monoisotopic (exact) mass is 457 g/mol. The summed E-state index contributed by atoms with van der Waals surface area (Å²) in [7, 11) is 1.58. The van der Waals surface area contributed by atoms with E-state index in [2.05, 4.69) is 0 Å². The molecular weight excluding hydrogens is 434 g/mol. The summed E-state index contributed by atoms with van der Waals surface area (Å²) in [5.41, 5.74) is 2.99. The molecule has 0 aromatic heterocycles. The number of carbonyl (C=O) groups excluding carboxylic acids is 2. The van der Waals surface area contributed by atoms with Crippen LogP contribution < -0.4 is 14.2 Å². The summed E-state index contributed by atoms with van der Waals surface area (Å²) < 4.78 is 16.0. The molecule has 0 bridgehead atoms. The zero-order valence-corrected chi connectivity index (χ0v) is 18.8. The van der Waals surface area contributed by atoms with Crippen LogP contribution in [0.4, 0.5) is 0 Å². The molecule has 2 aliphatic heterocycles. The Kier molecular flexibility index (Phi) is 5.45. The largest absolute Gasteiger partial charge is 0.507 e.